The minimum Gasteiger partial charge on any atom is -0.442 e. The van der Waals surface area contributed by atoms with E-state index in [1.165, 1.54) is 17.9 Å². The summed E-state index contributed by atoms with van der Waals surface area (Å²) in [5, 5.41) is 2.62. The highest BCUT2D eigenvalue weighted by Gasteiger charge is 2.33. The third-order valence-corrected chi connectivity index (χ3v) is 6.14. The fourth-order valence-electron chi connectivity index (χ4n) is 4.35. The number of rotatable bonds is 6. The van der Waals surface area contributed by atoms with E-state index in [1.807, 2.05) is 29.5 Å². The molecule has 1 aromatic heterocycles. The minimum absolute atomic E-state index is 0.165. The molecule has 186 valence electrons. The zero-order chi connectivity index (χ0) is 25.1. The highest BCUT2D eigenvalue weighted by atomic mass is 19.1. The number of hydrogen-bond donors (Lipinski definition) is 1. The van der Waals surface area contributed by atoms with E-state index in [9.17, 15) is 14.4 Å². The minimum atomic E-state index is -0.579. The molecule has 10 nitrogen and oxygen atoms in total. The Bertz CT molecular complexity index is 1250. The highest BCUT2D eigenvalue weighted by molar-refractivity contribution is 5.90. The molecule has 35 heavy (non-hydrogen) atoms. The van der Waals surface area contributed by atoms with Crippen LogP contribution < -0.4 is 20.7 Å². The second-order valence-electron chi connectivity index (χ2n) is 8.47. The van der Waals surface area contributed by atoms with Crippen LogP contribution in [0.5, 0.6) is 0 Å². The zero-order valence-corrected chi connectivity index (χ0v) is 20.0. The van der Waals surface area contributed by atoms with Gasteiger partial charge in [-0.3, -0.25) is 19.2 Å². The van der Waals surface area contributed by atoms with Gasteiger partial charge in [0.2, 0.25) is 5.91 Å². The van der Waals surface area contributed by atoms with Gasteiger partial charge in [0.15, 0.2) is 5.69 Å². The van der Waals surface area contributed by atoms with Gasteiger partial charge in [-0.2, -0.15) is 0 Å². The van der Waals surface area contributed by atoms with Crippen LogP contribution in [0.3, 0.4) is 0 Å². The van der Waals surface area contributed by atoms with Crippen molar-refractivity contribution in [2.75, 3.05) is 36.0 Å². The fourth-order valence-corrected chi connectivity index (χ4v) is 4.35. The second-order valence-corrected chi connectivity index (χ2v) is 8.47. The molecular formula is C24H29FN6O4. The molecule has 0 radical (unpaired) electrons. The quantitative estimate of drug-likeness (QED) is 0.635. The summed E-state index contributed by atoms with van der Waals surface area (Å²) < 4.78 is 24.0. The smallest absolute Gasteiger partial charge is 0.414 e. The fraction of sp³-hybridized carbons (Fsp3) is 0.417. The van der Waals surface area contributed by atoms with Crippen LogP contribution in [0.4, 0.5) is 26.2 Å². The molecule has 0 saturated carbocycles. The summed E-state index contributed by atoms with van der Waals surface area (Å²) in [5.41, 5.74) is 1.82. The van der Waals surface area contributed by atoms with Crippen molar-refractivity contribution in [3.05, 3.63) is 52.2 Å². The number of hydrogen-bond acceptors (Lipinski definition) is 6. The van der Waals surface area contributed by atoms with Crippen LogP contribution in [0, 0.1) is 12.7 Å². The number of carbonyl (C=O) groups is 2. The van der Waals surface area contributed by atoms with Crippen molar-refractivity contribution >= 4 is 35.3 Å². The summed E-state index contributed by atoms with van der Waals surface area (Å²) in [7, 11) is 0. The number of allylic oxidation sites excluding steroid dienone is 2. The number of aromatic nitrogens is 2. The Morgan fingerprint density at radius 3 is 2.66 bits per heavy atom. The van der Waals surface area contributed by atoms with Crippen molar-refractivity contribution in [3.63, 3.8) is 0 Å². The first kappa shape index (κ1) is 24.2. The first-order valence-corrected chi connectivity index (χ1v) is 11.5. The van der Waals surface area contributed by atoms with Crippen molar-refractivity contribution < 1.29 is 18.7 Å². The number of ether oxygens (including phenoxy) is 1. The van der Waals surface area contributed by atoms with Crippen LogP contribution in [0.25, 0.3) is 0 Å². The number of carbonyl (C=O) groups excluding carboxylic acids is 2. The molecule has 2 aliphatic heterocycles. The van der Waals surface area contributed by atoms with Gasteiger partial charge in [0.05, 0.1) is 43.2 Å². The van der Waals surface area contributed by atoms with E-state index in [0.717, 1.165) is 5.69 Å². The summed E-state index contributed by atoms with van der Waals surface area (Å²) >= 11 is 0. The van der Waals surface area contributed by atoms with E-state index < -0.39 is 18.0 Å². The molecule has 0 spiro atoms. The van der Waals surface area contributed by atoms with E-state index in [0.29, 0.717) is 43.2 Å². The summed E-state index contributed by atoms with van der Waals surface area (Å²) in [5.74, 6) is -0.679. The number of nitrogens with one attached hydrogen (secondary N) is 1. The molecule has 0 unspecified atom stereocenters. The average Bonchev–Trinajstić information content (AvgIpc) is 3.19. The van der Waals surface area contributed by atoms with Crippen LogP contribution >= 0.6 is 0 Å². The van der Waals surface area contributed by atoms with Crippen LogP contribution in [-0.4, -0.2) is 59.9 Å². The van der Waals surface area contributed by atoms with Gasteiger partial charge >= 0.3 is 6.09 Å². The van der Waals surface area contributed by atoms with Crippen LogP contribution in [0.1, 0.15) is 19.5 Å². The molecule has 1 saturated heterocycles. The molecule has 1 N–H and O–H groups in total. The Balaban J connectivity index is 1.48. The zero-order valence-electron chi connectivity index (χ0n) is 20.0. The Morgan fingerprint density at radius 1 is 1.23 bits per heavy atom. The van der Waals surface area contributed by atoms with E-state index in [4.69, 9.17) is 4.74 Å². The topological polar surface area (TPSA) is 101 Å². The molecule has 0 bridgehead atoms. The van der Waals surface area contributed by atoms with Gasteiger partial charge in [-0.05, 0) is 38.1 Å². The summed E-state index contributed by atoms with van der Waals surface area (Å²) in [4.78, 5) is 43.8. The van der Waals surface area contributed by atoms with Gasteiger partial charge in [-0.25, -0.2) is 18.9 Å². The predicted octanol–water partition coefficient (Wildman–Crippen LogP) is 2.36. The monoisotopic (exact) mass is 484 g/mol. The molecule has 11 heteroatoms. The summed E-state index contributed by atoms with van der Waals surface area (Å²) in [6, 6.07) is 4.63. The first-order chi connectivity index (χ1) is 16.8. The van der Waals surface area contributed by atoms with E-state index >= 15 is 4.39 Å². The lowest BCUT2D eigenvalue weighted by molar-refractivity contribution is -0.119. The van der Waals surface area contributed by atoms with Crippen LogP contribution in [0.15, 0.2) is 40.1 Å². The molecule has 0 aliphatic carbocycles. The largest absolute Gasteiger partial charge is 0.442 e. The maximum atomic E-state index is 15.2. The summed E-state index contributed by atoms with van der Waals surface area (Å²) in [6.07, 6.45) is 4.14. The Hall–Kier alpha value is -3.89. The standard InChI is InChI=1S/C24H29FN6O4/c1-4-5-8-26-22-16(2)30-11-9-28(10-12-31(30)23(22)33)21-7-6-18(13-20(21)25)29-15-19(35-24(29)34)14-27-17(3)32/h4-8,13,19H,9-12,14-15H2,1-3H3,(H,27,32)/b5-4?,26-8-/t19-/m0/s1. The Labute approximate surface area is 202 Å². The summed E-state index contributed by atoms with van der Waals surface area (Å²) in [6.45, 7) is 7.40. The maximum Gasteiger partial charge on any atom is 0.414 e. The molecule has 4 rings (SSSR count). The molecule has 1 fully saturated rings. The maximum absolute atomic E-state index is 15.2. The number of cyclic esters (lactones) is 1. The number of aliphatic imine (C=N–C) groups is 1. The average molecular weight is 485 g/mol. The van der Waals surface area contributed by atoms with E-state index in [1.54, 1.807) is 29.1 Å². The molecular weight excluding hydrogens is 455 g/mol. The molecule has 2 aromatic rings. The lowest BCUT2D eigenvalue weighted by Gasteiger charge is -2.24. The molecule has 1 atom stereocenters. The number of amides is 2. The first-order valence-electron chi connectivity index (χ1n) is 11.5. The number of nitrogens with zero attached hydrogens (tertiary/aromatic N) is 5. The van der Waals surface area contributed by atoms with Crippen LogP contribution in [-0.2, 0) is 22.6 Å². The van der Waals surface area contributed by atoms with Gasteiger partial charge in [0.1, 0.15) is 11.9 Å². The molecule has 1 aromatic carbocycles. The predicted molar refractivity (Wildman–Crippen MR) is 131 cm³/mol. The van der Waals surface area contributed by atoms with E-state index in [2.05, 4.69) is 10.3 Å². The van der Waals surface area contributed by atoms with Gasteiger partial charge in [0.25, 0.3) is 5.56 Å². The van der Waals surface area contributed by atoms with Crippen molar-refractivity contribution in [2.45, 2.75) is 40.0 Å². The lowest BCUT2D eigenvalue weighted by atomic mass is 10.2. The number of fused-ring (bicyclic) bond motifs is 1. The van der Waals surface area contributed by atoms with Crippen molar-refractivity contribution in [1.82, 2.24) is 14.7 Å². The second kappa shape index (κ2) is 10.2. The molecule has 2 amide bonds. The number of benzene rings is 1. The third kappa shape index (κ3) is 4.98. The SMILES string of the molecule is CC=C/C=N\c1c(C)n2n(c1=O)CCN(c1ccc(N3C[C@H](CNC(C)=O)OC3=O)cc1F)CC2. The highest BCUT2D eigenvalue weighted by Crippen LogP contribution is 2.29. The van der Waals surface area contributed by atoms with Crippen molar-refractivity contribution in [1.29, 1.82) is 0 Å². The van der Waals surface area contributed by atoms with Gasteiger partial charge in [0, 0.05) is 26.2 Å². The normalized spacial score (nSPS) is 18.3. The molecule has 2 aliphatic rings. The number of anilines is 2. The van der Waals surface area contributed by atoms with Crippen LogP contribution in [0.2, 0.25) is 0 Å². The van der Waals surface area contributed by atoms with Gasteiger partial charge < -0.3 is 15.0 Å². The van der Waals surface area contributed by atoms with Gasteiger partial charge in [-0.1, -0.05) is 6.08 Å². The lowest BCUT2D eigenvalue weighted by Crippen LogP contribution is -2.33. The Kier molecular flexibility index (Phi) is 7.04. The number of halogens is 1. The molecule has 3 heterocycles. The Morgan fingerprint density at radius 2 is 1.97 bits per heavy atom. The van der Waals surface area contributed by atoms with Gasteiger partial charge in [-0.15, -0.1) is 0 Å². The third-order valence-electron chi connectivity index (χ3n) is 6.14. The van der Waals surface area contributed by atoms with E-state index in [-0.39, 0.29) is 24.6 Å². The van der Waals surface area contributed by atoms with Crippen molar-refractivity contribution in [3.8, 4) is 0 Å². The van der Waals surface area contributed by atoms with Crippen molar-refractivity contribution in [2.24, 2.45) is 4.99 Å².